The average molecular weight is 450 g/mol. The Morgan fingerprint density at radius 1 is 0.970 bits per heavy atom. The van der Waals surface area contributed by atoms with Gasteiger partial charge in [0.25, 0.3) is 5.91 Å². The molecule has 0 aliphatic carbocycles. The molecule has 3 amide bonds. The van der Waals surface area contributed by atoms with Crippen molar-refractivity contribution in [2.45, 2.75) is 51.0 Å². The minimum absolute atomic E-state index is 0.00632. The molecule has 0 atom stereocenters. The van der Waals surface area contributed by atoms with E-state index in [1.807, 2.05) is 28.0 Å². The molecule has 33 heavy (non-hydrogen) atoms. The van der Waals surface area contributed by atoms with Gasteiger partial charge in [-0.25, -0.2) is 0 Å². The van der Waals surface area contributed by atoms with E-state index in [0.717, 1.165) is 31.4 Å². The summed E-state index contributed by atoms with van der Waals surface area (Å²) in [7, 11) is 0. The number of ether oxygens (including phenoxy) is 1. The van der Waals surface area contributed by atoms with Crippen LogP contribution in [0, 0.1) is 0 Å². The van der Waals surface area contributed by atoms with Crippen molar-refractivity contribution in [3.8, 4) is 5.75 Å². The van der Waals surface area contributed by atoms with Crippen LogP contribution in [-0.2, 0) is 16.0 Å². The van der Waals surface area contributed by atoms with Crippen molar-refractivity contribution < 1.29 is 19.1 Å². The topological polar surface area (TPSA) is 92.9 Å². The van der Waals surface area contributed by atoms with Gasteiger partial charge in [0.15, 0.2) is 0 Å². The predicted molar refractivity (Wildman–Crippen MR) is 126 cm³/mol. The first-order valence-electron chi connectivity index (χ1n) is 11.7. The summed E-state index contributed by atoms with van der Waals surface area (Å²) >= 11 is 0. The van der Waals surface area contributed by atoms with Gasteiger partial charge in [0.2, 0.25) is 11.8 Å². The fourth-order valence-electron chi connectivity index (χ4n) is 4.65. The van der Waals surface area contributed by atoms with E-state index in [2.05, 4.69) is 6.07 Å². The number of carbonyl (C=O) groups is 3. The van der Waals surface area contributed by atoms with E-state index in [0.29, 0.717) is 50.3 Å². The Labute approximate surface area is 194 Å². The van der Waals surface area contributed by atoms with E-state index in [1.165, 1.54) is 5.56 Å². The van der Waals surface area contributed by atoms with Gasteiger partial charge in [0.05, 0.1) is 6.61 Å². The molecule has 2 heterocycles. The molecule has 0 aromatic heterocycles. The monoisotopic (exact) mass is 449 g/mol. The lowest BCUT2D eigenvalue weighted by molar-refractivity contribution is -0.120. The number of para-hydroxylation sites is 1. The first-order valence-corrected chi connectivity index (χ1v) is 11.7. The van der Waals surface area contributed by atoms with Gasteiger partial charge in [-0.05, 0) is 68.0 Å². The molecule has 2 aliphatic heterocycles. The number of anilines is 1. The maximum Gasteiger partial charge on any atom is 0.253 e. The van der Waals surface area contributed by atoms with E-state index in [4.69, 9.17) is 10.5 Å². The second-order valence-electron chi connectivity index (χ2n) is 8.71. The molecule has 174 valence electrons. The number of primary amides is 1. The van der Waals surface area contributed by atoms with Crippen LogP contribution in [0.15, 0.2) is 48.5 Å². The Hall–Kier alpha value is -3.35. The number of nitrogens with two attached hydrogens (primary N) is 1. The van der Waals surface area contributed by atoms with Crippen molar-refractivity contribution in [1.29, 1.82) is 0 Å². The molecule has 1 saturated heterocycles. The lowest BCUT2D eigenvalue weighted by Crippen LogP contribution is -2.50. The highest BCUT2D eigenvalue weighted by Gasteiger charge is 2.33. The number of hydrogen-bond donors (Lipinski definition) is 1. The number of hydrogen-bond acceptors (Lipinski definition) is 4. The van der Waals surface area contributed by atoms with Gasteiger partial charge in [0.1, 0.15) is 5.75 Å². The molecule has 4 rings (SSSR count). The van der Waals surface area contributed by atoms with E-state index in [9.17, 15) is 14.4 Å². The van der Waals surface area contributed by atoms with Gasteiger partial charge in [-0.3, -0.25) is 14.4 Å². The Kier molecular flexibility index (Phi) is 7.27. The number of rotatable bonds is 8. The largest absolute Gasteiger partial charge is 0.494 e. The Balaban J connectivity index is 1.29. The third-order valence-corrected chi connectivity index (χ3v) is 6.43. The van der Waals surface area contributed by atoms with Crippen molar-refractivity contribution in [2.75, 3.05) is 24.6 Å². The second kappa shape index (κ2) is 10.5. The molecule has 2 aliphatic rings. The minimum Gasteiger partial charge on any atom is -0.494 e. The molecule has 7 nitrogen and oxygen atoms in total. The highest BCUT2D eigenvalue weighted by Crippen LogP contribution is 2.32. The maximum atomic E-state index is 13.0. The number of benzene rings is 2. The van der Waals surface area contributed by atoms with Gasteiger partial charge in [-0.15, -0.1) is 0 Å². The van der Waals surface area contributed by atoms with Gasteiger partial charge < -0.3 is 20.3 Å². The maximum absolute atomic E-state index is 13.0. The lowest BCUT2D eigenvalue weighted by atomic mass is 9.95. The van der Waals surface area contributed by atoms with Crippen LogP contribution in [0.1, 0.15) is 54.4 Å². The zero-order valence-corrected chi connectivity index (χ0v) is 18.9. The first kappa shape index (κ1) is 22.8. The molecule has 0 radical (unpaired) electrons. The minimum atomic E-state index is -0.297. The first-order chi connectivity index (χ1) is 16.0. The number of unbranched alkanes of at least 4 members (excludes halogenated alkanes) is 1. The smallest absolute Gasteiger partial charge is 0.253 e. The number of nitrogens with zero attached hydrogens (tertiary/aromatic N) is 2. The van der Waals surface area contributed by atoms with Crippen molar-refractivity contribution >= 4 is 23.4 Å². The summed E-state index contributed by atoms with van der Waals surface area (Å²) in [5.41, 5.74) is 8.02. The number of aryl methyl sites for hydroxylation is 1. The van der Waals surface area contributed by atoms with Crippen LogP contribution < -0.4 is 15.4 Å². The third-order valence-electron chi connectivity index (χ3n) is 6.43. The van der Waals surface area contributed by atoms with Crippen LogP contribution in [0.4, 0.5) is 5.69 Å². The molecule has 7 heteroatoms. The summed E-state index contributed by atoms with van der Waals surface area (Å²) < 4.78 is 5.67. The van der Waals surface area contributed by atoms with Crippen molar-refractivity contribution in [1.82, 2.24) is 4.90 Å². The Morgan fingerprint density at radius 2 is 1.70 bits per heavy atom. The number of likely N-dealkylation sites (tertiary alicyclic amines) is 1. The van der Waals surface area contributed by atoms with Gasteiger partial charge in [-0.2, -0.15) is 0 Å². The third kappa shape index (κ3) is 5.53. The SMILES string of the molecule is NC(=O)CCCCOc1ccc(C(=O)N2CCC(N3C(=O)CCc4ccccc43)CC2)cc1. The molecule has 0 spiro atoms. The van der Waals surface area contributed by atoms with Gasteiger partial charge >= 0.3 is 0 Å². The van der Waals surface area contributed by atoms with Crippen LogP contribution in [0.2, 0.25) is 0 Å². The molecule has 0 unspecified atom stereocenters. The average Bonchev–Trinajstić information content (AvgIpc) is 2.84. The van der Waals surface area contributed by atoms with Gasteiger partial charge in [-0.1, -0.05) is 18.2 Å². The summed E-state index contributed by atoms with van der Waals surface area (Å²) in [6.07, 6.45) is 4.73. The van der Waals surface area contributed by atoms with Crippen LogP contribution in [-0.4, -0.2) is 48.4 Å². The predicted octanol–water partition coefficient (Wildman–Crippen LogP) is 3.31. The summed E-state index contributed by atoms with van der Waals surface area (Å²) in [6, 6.07) is 15.5. The molecule has 1 fully saturated rings. The number of piperidine rings is 1. The number of fused-ring (bicyclic) bond motifs is 1. The molecular formula is C26H31N3O4. The number of carbonyl (C=O) groups excluding carboxylic acids is 3. The van der Waals surface area contributed by atoms with Crippen LogP contribution in [0.3, 0.4) is 0 Å². The normalized spacial score (nSPS) is 16.4. The molecular weight excluding hydrogens is 418 g/mol. The van der Waals surface area contributed by atoms with Crippen molar-refractivity contribution in [3.05, 3.63) is 59.7 Å². The summed E-state index contributed by atoms with van der Waals surface area (Å²) in [5.74, 6) is 0.594. The van der Waals surface area contributed by atoms with Gasteiger partial charge in [0, 0.05) is 43.2 Å². The summed E-state index contributed by atoms with van der Waals surface area (Å²) in [5, 5.41) is 0. The zero-order chi connectivity index (χ0) is 23.2. The highest BCUT2D eigenvalue weighted by molar-refractivity contribution is 5.97. The summed E-state index contributed by atoms with van der Waals surface area (Å²) in [4.78, 5) is 40.3. The van der Waals surface area contributed by atoms with Crippen LogP contribution in [0.5, 0.6) is 5.75 Å². The Bertz CT molecular complexity index is 997. The molecule has 2 N–H and O–H groups in total. The lowest BCUT2D eigenvalue weighted by Gasteiger charge is -2.41. The zero-order valence-electron chi connectivity index (χ0n) is 18.9. The fourth-order valence-corrected chi connectivity index (χ4v) is 4.65. The van der Waals surface area contributed by atoms with E-state index < -0.39 is 0 Å². The second-order valence-corrected chi connectivity index (χ2v) is 8.71. The van der Waals surface area contributed by atoms with Crippen molar-refractivity contribution in [2.24, 2.45) is 5.73 Å². The molecule has 0 bridgehead atoms. The van der Waals surface area contributed by atoms with Crippen LogP contribution >= 0.6 is 0 Å². The molecule has 0 saturated carbocycles. The number of amides is 3. The van der Waals surface area contributed by atoms with Crippen molar-refractivity contribution in [3.63, 3.8) is 0 Å². The van der Waals surface area contributed by atoms with E-state index in [-0.39, 0.29) is 23.8 Å². The quantitative estimate of drug-likeness (QED) is 0.626. The van der Waals surface area contributed by atoms with E-state index >= 15 is 0 Å². The van der Waals surface area contributed by atoms with E-state index in [1.54, 1.807) is 24.3 Å². The summed E-state index contributed by atoms with van der Waals surface area (Å²) in [6.45, 7) is 1.77. The molecule has 2 aromatic rings. The molecule has 2 aromatic carbocycles. The standard InChI is InChI=1S/C26H31N3O4/c27-24(30)7-3-4-18-33-22-11-8-20(9-12-22)26(32)28-16-14-21(15-17-28)29-23-6-2-1-5-19(23)10-13-25(29)31/h1-2,5-6,8-9,11-12,21H,3-4,7,10,13-18H2,(H2,27,30). The fraction of sp³-hybridized carbons (Fsp3) is 0.423. The Morgan fingerprint density at radius 3 is 2.42 bits per heavy atom. The highest BCUT2D eigenvalue weighted by atomic mass is 16.5. The van der Waals surface area contributed by atoms with Crippen LogP contribution in [0.25, 0.3) is 0 Å².